The molecule has 218 valence electrons. The summed E-state index contributed by atoms with van der Waals surface area (Å²) in [6.07, 6.45) is 39.5. The molecule has 0 heterocycles. The first-order valence-electron chi connectivity index (χ1n) is 17.1. The fourth-order valence-electron chi connectivity index (χ4n) is 5.28. The summed E-state index contributed by atoms with van der Waals surface area (Å²) in [5.74, 6) is 0. The molecule has 0 saturated carbocycles. The van der Waals surface area contributed by atoms with E-state index in [1.165, 1.54) is 167 Å². The summed E-state index contributed by atoms with van der Waals surface area (Å²) in [5, 5.41) is 10.1. The first kappa shape index (κ1) is 35.9. The highest BCUT2D eigenvalue weighted by Crippen LogP contribution is 2.15. The maximum absolute atomic E-state index is 10.1. The van der Waals surface area contributed by atoms with Crippen LogP contribution >= 0.6 is 0 Å². The summed E-state index contributed by atoms with van der Waals surface area (Å²) >= 11 is 0. The lowest BCUT2D eigenvalue weighted by Crippen LogP contribution is -2.15. The van der Waals surface area contributed by atoms with Crippen molar-refractivity contribution in [1.82, 2.24) is 0 Å². The average Bonchev–Trinajstić information content (AvgIpc) is 2.88. The van der Waals surface area contributed by atoms with Gasteiger partial charge in [-0.05, 0) is 12.8 Å². The number of ether oxygens (including phenoxy) is 1. The zero-order valence-electron chi connectivity index (χ0n) is 25.4. The van der Waals surface area contributed by atoms with E-state index in [-0.39, 0.29) is 6.10 Å². The van der Waals surface area contributed by atoms with Gasteiger partial charge in [-0.25, -0.2) is 0 Å². The predicted octanol–water partition coefficient (Wildman–Crippen LogP) is 11.7. The Hall–Kier alpha value is -0.0800. The monoisotopic (exact) mass is 511 g/mol. The Balaban J connectivity index is 3.13. The van der Waals surface area contributed by atoms with Crippen LogP contribution in [0.15, 0.2) is 0 Å². The van der Waals surface area contributed by atoms with Crippen LogP contribution in [-0.4, -0.2) is 24.4 Å². The SMILES string of the molecule is CCCCCCCCCCCCCCCCOCC(O)CCCCCCCCCCCCCCCC. The first-order valence-corrected chi connectivity index (χ1v) is 17.1. The molecular weight excluding hydrogens is 440 g/mol. The van der Waals surface area contributed by atoms with E-state index in [9.17, 15) is 5.11 Å². The summed E-state index contributed by atoms with van der Waals surface area (Å²) in [6, 6.07) is 0. The molecule has 0 radical (unpaired) electrons. The van der Waals surface area contributed by atoms with Crippen molar-refractivity contribution in [3.63, 3.8) is 0 Å². The van der Waals surface area contributed by atoms with Crippen molar-refractivity contribution in [2.45, 2.75) is 206 Å². The first-order chi connectivity index (χ1) is 17.8. The minimum atomic E-state index is -0.256. The van der Waals surface area contributed by atoms with Crippen LogP contribution in [0.5, 0.6) is 0 Å². The molecule has 0 aliphatic carbocycles. The highest BCUT2D eigenvalue weighted by molar-refractivity contribution is 4.56. The van der Waals surface area contributed by atoms with Crippen LogP contribution in [0, 0.1) is 0 Å². The van der Waals surface area contributed by atoms with Gasteiger partial charge in [0.1, 0.15) is 0 Å². The zero-order valence-corrected chi connectivity index (χ0v) is 25.4. The van der Waals surface area contributed by atoms with E-state index in [4.69, 9.17) is 4.74 Å². The van der Waals surface area contributed by atoms with E-state index < -0.39 is 0 Å². The van der Waals surface area contributed by atoms with E-state index in [2.05, 4.69) is 13.8 Å². The Bertz CT molecular complexity index is 370. The Labute approximate surface area is 229 Å². The minimum Gasteiger partial charge on any atom is -0.391 e. The highest BCUT2D eigenvalue weighted by atomic mass is 16.5. The average molecular weight is 511 g/mol. The van der Waals surface area contributed by atoms with E-state index >= 15 is 0 Å². The summed E-state index contributed by atoms with van der Waals surface area (Å²) < 4.78 is 5.72. The van der Waals surface area contributed by atoms with Crippen molar-refractivity contribution < 1.29 is 9.84 Å². The molecule has 0 fully saturated rings. The Kier molecular flexibility index (Phi) is 32.9. The lowest BCUT2D eigenvalue weighted by atomic mass is 10.0. The topological polar surface area (TPSA) is 29.5 Å². The molecule has 0 aliphatic heterocycles. The third-order valence-corrected chi connectivity index (χ3v) is 7.84. The van der Waals surface area contributed by atoms with Crippen molar-refractivity contribution in [3.8, 4) is 0 Å². The number of aliphatic hydroxyl groups excluding tert-OH is 1. The van der Waals surface area contributed by atoms with Crippen molar-refractivity contribution in [3.05, 3.63) is 0 Å². The zero-order chi connectivity index (χ0) is 26.2. The number of hydrogen-bond donors (Lipinski definition) is 1. The van der Waals surface area contributed by atoms with Crippen LogP contribution in [0.1, 0.15) is 200 Å². The molecule has 0 aromatic heterocycles. The Morgan fingerprint density at radius 3 is 1.00 bits per heavy atom. The number of aliphatic hydroxyl groups is 1. The molecule has 0 aromatic rings. The van der Waals surface area contributed by atoms with Crippen LogP contribution in [-0.2, 0) is 4.74 Å². The molecule has 0 saturated heterocycles. The summed E-state index contributed by atoms with van der Waals surface area (Å²) in [5.41, 5.74) is 0. The van der Waals surface area contributed by atoms with Crippen molar-refractivity contribution in [2.24, 2.45) is 0 Å². The third kappa shape index (κ3) is 31.9. The fourth-order valence-corrected chi connectivity index (χ4v) is 5.28. The molecule has 0 amide bonds. The summed E-state index contributed by atoms with van der Waals surface area (Å²) in [7, 11) is 0. The van der Waals surface area contributed by atoms with Gasteiger partial charge in [0.05, 0.1) is 12.7 Å². The molecule has 0 aliphatic rings. The van der Waals surface area contributed by atoms with Crippen LogP contribution in [0.2, 0.25) is 0 Å². The molecule has 1 unspecified atom stereocenters. The van der Waals surface area contributed by atoms with Crippen LogP contribution in [0.4, 0.5) is 0 Å². The van der Waals surface area contributed by atoms with Crippen molar-refractivity contribution in [1.29, 1.82) is 0 Å². The molecule has 0 bridgehead atoms. The smallest absolute Gasteiger partial charge is 0.0773 e. The van der Waals surface area contributed by atoms with Gasteiger partial charge in [-0.15, -0.1) is 0 Å². The maximum Gasteiger partial charge on any atom is 0.0773 e. The van der Waals surface area contributed by atoms with E-state index in [1.54, 1.807) is 0 Å². The lowest BCUT2D eigenvalue weighted by Gasteiger charge is -2.11. The number of hydrogen-bond acceptors (Lipinski definition) is 2. The van der Waals surface area contributed by atoms with Gasteiger partial charge in [0.2, 0.25) is 0 Å². The van der Waals surface area contributed by atoms with E-state index in [0.717, 1.165) is 25.9 Å². The molecule has 2 heteroatoms. The van der Waals surface area contributed by atoms with Crippen molar-refractivity contribution >= 4 is 0 Å². The van der Waals surface area contributed by atoms with Gasteiger partial charge in [-0.1, -0.05) is 187 Å². The molecule has 0 spiro atoms. The van der Waals surface area contributed by atoms with Gasteiger partial charge in [0.15, 0.2) is 0 Å². The van der Waals surface area contributed by atoms with Crippen molar-refractivity contribution in [2.75, 3.05) is 13.2 Å². The van der Waals surface area contributed by atoms with Gasteiger partial charge in [0.25, 0.3) is 0 Å². The van der Waals surface area contributed by atoms with Gasteiger partial charge in [-0.2, -0.15) is 0 Å². The van der Waals surface area contributed by atoms with Gasteiger partial charge in [-0.3, -0.25) is 0 Å². The summed E-state index contributed by atoms with van der Waals surface area (Å²) in [4.78, 5) is 0. The normalized spacial score (nSPS) is 12.4. The van der Waals surface area contributed by atoms with E-state index in [1.807, 2.05) is 0 Å². The Morgan fingerprint density at radius 1 is 0.389 bits per heavy atom. The summed E-state index contributed by atoms with van der Waals surface area (Å²) in [6.45, 7) is 5.95. The fraction of sp³-hybridized carbons (Fsp3) is 1.00. The minimum absolute atomic E-state index is 0.256. The van der Waals surface area contributed by atoms with Gasteiger partial charge in [0, 0.05) is 6.61 Å². The molecule has 1 N–H and O–H groups in total. The number of rotatable bonds is 32. The molecule has 0 rings (SSSR count). The van der Waals surface area contributed by atoms with Crippen LogP contribution < -0.4 is 0 Å². The molecule has 36 heavy (non-hydrogen) atoms. The largest absolute Gasteiger partial charge is 0.391 e. The second kappa shape index (κ2) is 32.9. The Morgan fingerprint density at radius 2 is 0.667 bits per heavy atom. The van der Waals surface area contributed by atoms with Crippen LogP contribution in [0.25, 0.3) is 0 Å². The predicted molar refractivity (Wildman–Crippen MR) is 162 cm³/mol. The number of unbranched alkanes of at least 4 members (excludes halogenated alkanes) is 26. The third-order valence-electron chi connectivity index (χ3n) is 7.84. The molecular formula is C34H70O2. The van der Waals surface area contributed by atoms with Gasteiger partial charge >= 0.3 is 0 Å². The molecule has 2 nitrogen and oxygen atoms in total. The standard InChI is InChI=1S/C34H70O2/c1-3-5-7-9-11-13-15-17-19-21-23-25-27-29-31-34(35)33-36-32-30-28-26-24-22-20-18-16-14-12-10-8-6-4-2/h34-35H,3-33H2,1-2H3. The second-order valence-corrected chi connectivity index (χ2v) is 11.7. The second-order valence-electron chi connectivity index (χ2n) is 11.7. The van der Waals surface area contributed by atoms with E-state index in [0.29, 0.717) is 6.61 Å². The van der Waals surface area contributed by atoms with Gasteiger partial charge < -0.3 is 9.84 Å². The molecule has 0 aromatic carbocycles. The lowest BCUT2D eigenvalue weighted by molar-refractivity contribution is 0.0297. The maximum atomic E-state index is 10.1. The van der Waals surface area contributed by atoms with Crippen LogP contribution in [0.3, 0.4) is 0 Å². The molecule has 1 atom stereocenters. The highest BCUT2D eigenvalue weighted by Gasteiger charge is 2.04. The quantitative estimate of drug-likeness (QED) is 0.0911.